The van der Waals surface area contributed by atoms with Crippen molar-refractivity contribution in [3.63, 3.8) is 0 Å². The van der Waals surface area contributed by atoms with E-state index in [1.54, 1.807) is 4.98 Å². The SMILES string of the molecule is [2H]c1c([2H])n(C2O[C@@H](CO)C(O)C2O)c(=O)[nH]c1=O. The Hall–Kier alpha value is -1.48. The Morgan fingerprint density at radius 1 is 1.47 bits per heavy atom. The van der Waals surface area contributed by atoms with Crippen LogP contribution in [0.2, 0.25) is 0 Å². The minimum absolute atomic E-state index is 0.549. The van der Waals surface area contributed by atoms with E-state index in [4.69, 9.17) is 12.6 Å². The van der Waals surface area contributed by atoms with Crippen molar-refractivity contribution in [1.29, 1.82) is 0 Å². The first kappa shape index (κ1) is 9.54. The number of aliphatic hydroxyl groups is 3. The lowest BCUT2D eigenvalue weighted by atomic mass is 10.1. The average Bonchev–Trinajstić information content (AvgIpc) is 2.64. The lowest BCUT2D eigenvalue weighted by Gasteiger charge is -2.16. The van der Waals surface area contributed by atoms with E-state index in [0.29, 0.717) is 4.57 Å². The molecular weight excluding hydrogens is 232 g/mol. The molecule has 8 nitrogen and oxygen atoms in total. The fraction of sp³-hybridized carbons (Fsp3) is 0.556. The molecule has 8 heteroatoms. The largest absolute Gasteiger partial charge is 0.394 e. The van der Waals surface area contributed by atoms with Gasteiger partial charge in [0, 0.05) is 12.2 Å². The van der Waals surface area contributed by atoms with Crippen LogP contribution in [0.1, 0.15) is 8.97 Å². The number of rotatable bonds is 2. The maximum atomic E-state index is 11.6. The Bertz CT molecular complexity index is 599. The van der Waals surface area contributed by atoms with Crippen LogP contribution in [0.15, 0.2) is 21.8 Å². The molecule has 2 heterocycles. The Morgan fingerprint density at radius 2 is 2.18 bits per heavy atom. The van der Waals surface area contributed by atoms with E-state index in [-0.39, 0.29) is 0 Å². The molecule has 1 saturated heterocycles. The fourth-order valence-electron chi connectivity index (χ4n) is 1.62. The Labute approximate surface area is 97.5 Å². The molecule has 0 radical (unpaired) electrons. The van der Waals surface area contributed by atoms with Gasteiger partial charge in [0.15, 0.2) is 6.23 Å². The monoisotopic (exact) mass is 246 g/mol. The first-order chi connectivity index (χ1) is 8.88. The lowest BCUT2D eigenvalue weighted by Crippen LogP contribution is -2.37. The average molecular weight is 246 g/mol. The van der Waals surface area contributed by atoms with Gasteiger partial charge >= 0.3 is 5.69 Å². The number of H-pyrrole nitrogens is 1. The molecule has 3 unspecified atom stereocenters. The van der Waals surface area contributed by atoms with Gasteiger partial charge in [-0.2, -0.15) is 0 Å². The van der Waals surface area contributed by atoms with Gasteiger partial charge < -0.3 is 20.1 Å². The summed E-state index contributed by atoms with van der Waals surface area (Å²) in [7, 11) is 0. The summed E-state index contributed by atoms with van der Waals surface area (Å²) in [4.78, 5) is 24.5. The smallest absolute Gasteiger partial charge is 0.330 e. The fourth-order valence-corrected chi connectivity index (χ4v) is 1.62. The summed E-state index contributed by atoms with van der Waals surface area (Å²) >= 11 is 0. The quantitative estimate of drug-likeness (QED) is 0.445. The second-order valence-electron chi connectivity index (χ2n) is 3.59. The summed E-state index contributed by atoms with van der Waals surface area (Å²) in [6.07, 6.45) is -6.32. The normalized spacial score (nSPS) is 34.5. The van der Waals surface area contributed by atoms with Crippen molar-refractivity contribution in [2.75, 3.05) is 6.61 Å². The molecule has 0 spiro atoms. The number of nitrogens with one attached hydrogen (secondary N) is 1. The van der Waals surface area contributed by atoms with Crippen molar-refractivity contribution in [3.05, 3.63) is 33.1 Å². The molecule has 94 valence electrons. The number of aromatic amines is 1. The molecule has 0 aromatic carbocycles. The molecule has 1 aliphatic heterocycles. The van der Waals surface area contributed by atoms with Crippen LogP contribution in [0.5, 0.6) is 0 Å². The van der Waals surface area contributed by atoms with Crippen molar-refractivity contribution >= 4 is 0 Å². The van der Waals surface area contributed by atoms with Crippen LogP contribution >= 0.6 is 0 Å². The molecule has 1 aromatic heterocycles. The van der Waals surface area contributed by atoms with Gasteiger partial charge in [-0.25, -0.2) is 4.79 Å². The van der Waals surface area contributed by atoms with Crippen LogP contribution < -0.4 is 11.2 Å². The number of hydrogen-bond donors (Lipinski definition) is 4. The molecule has 0 amide bonds. The van der Waals surface area contributed by atoms with Crippen LogP contribution in [-0.2, 0) is 4.74 Å². The van der Waals surface area contributed by atoms with Gasteiger partial charge in [-0.3, -0.25) is 14.3 Å². The zero-order chi connectivity index (χ0) is 14.3. The number of aliphatic hydroxyl groups excluding tert-OH is 3. The molecular formula is C9H12N2O6. The van der Waals surface area contributed by atoms with Crippen molar-refractivity contribution < 1.29 is 22.8 Å². The number of aromatic nitrogens is 2. The Kier molecular flexibility index (Phi) is 2.48. The maximum absolute atomic E-state index is 11.6. The van der Waals surface area contributed by atoms with Gasteiger partial charge in [-0.05, 0) is 0 Å². The van der Waals surface area contributed by atoms with Crippen LogP contribution in [0, 0.1) is 0 Å². The maximum Gasteiger partial charge on any atom is 0.330 e. The van der Waals surface area contributed by atoms with Gasteiger partial charge in [0.05, 0.1) is 9.35 Å². The number of ether oxygens (including phenoxy) is 1. The topological polar surface area (TPSA) is 125 Å². The highest BCUT2D eigenvalue weighted by molar-refractivity contribution is 4.92. The van der Waals surface area contributed by atoms with Gasteiger partial charge in [0.25, 0.3) is 5.56 Å². The summed E-state index contributed by atoms with van der Waals surface area (Å²) in [6, 6.07) is -0.766. The van der Waals surface area contributed by atoms with Crippen LogP contribution in [-0.4, -0.2) is 49.8 Å². The van der Waals surface area contributed by atoms with Crippen molar-refractivity contribution in [2.24, 2.45) is 0 Å². The Morgan fingerprint density at radius 3 is 2.76 bits per heavy atom. The van der Waals surface area contributed by atoms with E-state index in [2.05, 4.69) is 0 Å². The highest BCUT2D eigenvalue weighted by atomic mass is 16.6. The van der Waals surface area contributed by atoms with E-state index in [1.165, 1.54) is 0 Å². The predicted octanol–water partition coefficient (Wildman–Crippen LogP) is -2.85. The van der Waals surface area contributed by atoms with E-state index >= 15 is 0 Å². The first-order valence-electron chi connectivity index (χ1n) is 5.83. The minimum Gasteiger partial charge on any atom is -0.394 e. The molecule has 0 saturated carbocycles. The standard InChI is InChI=1S/C9H12N2O6/c12-3-4-6(14)7(15)8(17-4)11-2-1-5(13)10-9(11)16/h1-2,4,6-8,12,14-15H,3H2,(H,10,13,16)/t4-,6?,7?,8?/m0/s1/i1D,2D. The molecule has 1 aromatic rings. The van der Waals surface area contributed by atoms with Gasteiger partial charge in [-0.1, -0.05) is 0 Å². The molecule has 4 atom stereocenters. The van der Waals surface area contributed by atoms with Crippen molar-refractivity contribution in [1.82, 2.24) is 9.55 Å². The van der Waals surface area contributed by atoms with Crippen molar-refractivity contribution in [2.45, 2.75) is 24.5 Å². The van der Waals surface area contributed by atoms with Crippen molar-refractivity contribution in [3.8, 4) is 0 Å². The highest BCUT2D eigenvalue weighted by Gasteiger charge is 2.43. The summed E-state index contributed by atoms with van der Waals surface area (Å²) < 4.78 is 20.5. The lowest BCUT2D eigenvalue weighted by molar-refractivity contribution is -0.0550. The molecule has 1 fully saturated rings. The second kappa shape index (κ2) is 4.41. The van der Waals surface area contributed by atoms with E-state index in [9.17, 15) is 19.8 Å². The summed E-state index contributed by atoms with van der Waals surface area (Å²) in [5, 5.41) is 28.2. The Balaban J connectivity index is 2.52. The molecule has 4 N–H and O–H groups in total. The van der Waals surface area contributed by atoms with Gasteiger partial charge in [0.1, 0.15) is 18.3 Å². The predicted molar refractivity (Wildman–Crippen MR) is 54.3 cm³/mol. The minimum atomic E-state index is -1.57. The van der Waals surface area contributed by atoms with E-state index in [1.807, 2.05) is 0 Å². The van der Waals surface area contributed by atoms with E-state index in [0.717, 1.165) is 0 Å². The molecule has 0 bridgehead atoms. The number of hydrogen-bond acceptors (Lipinski definition) is 6. The van der Waals surface area contributed by atoms with Crippen LogP contribution in [0.25, 0.3) is 0 Å². The number of nitrogens with zero attached hydrogens (tertiary/aromatic N) is 1. The summed E-state index contributed by atoms with van der Waals surface area (Å²) in [6.45, 7) is -0.589. The first-order valence-corrected chi connectivity index (χ1v) is 4.83. The second-order valence-corrected chi connectivity index (χ2v) is 3.59. The highest BCUT2D eigenvalue weighted by Crippen LogP contribution is 2.27. The third-order valence-electron chi connectivity index (χ3n) is 2.50. The zero-order valence-corrected chi connectivity index (χ0v) is 8.53. The van der Waals surface area contributed by atoms with Crippen LogP contribution in [0.4, 0.5) is 0 Å². The van der Waals surface area contributed by atoms with Gasteiger partial charge in [0.2, 0.25) is 0 Å². The summed E-state index contributed by atoms with van der Waals surface area (Å²) in [5.41, 5.74) is -2.07. The molecule has 17 heavy (non-hydrogen) atoms. The third-order valence-corrected chi connectivity index (χ3v) is 2.50. The van der Waals surface area contributed by atoms with E-state index < -0.39 is 54.6 Å². The zero-order valence-electron chi connectivity index (χ0n) is 10.5. The molecule has 1 aliphatic rings. The molecule has 0 aliphatic carbocycles. The summed E-state index contributed by atoms with van der Waals surface area (Å²) in [5.74, 6) is 0. The molecule has 2 rings (SSSR count). The van der Waals surface area contributed by atoms with Crippen LogP contribution in [0.3, 0.4) is 0 Å². The van der Waals surface area contributed by atoms with Gasteiger partial charge in [-0.15, -0.1) is 0 Å². The third kappa shape index (κ3) is 2.03.